The number of nitrogen functional groups attached to an aromatic ring is 1. The predicted molar refractivity (Wildman–Crippen MR) is 68.3 cm³/mol. The van der Waals surface area contributed by atoms with Crippen LogP contribution in [0.4, 0.5) is 11.4 Å². The van der Waals surface area contributed by atoms with Gasteiger partial charge in [0.15, 0.2) is 5.58 Å². The fourth-order valence-electron chi connectivity index (χ4n) is 1.83. The lowest BCUT2D eigenvalue weighted by Gasteiger charge is -2.22. The normalized spacial score (nSPS) is 10.7. The zero-order chi connectivity index (χ0) is 13.3. The van der Waals surface area contributed by atoms with Crippen molar-refractivity contribution in [2.75, 3.05) is 23.7 Å². The second-order valence-electron chi connectivity index (χ2n) is 3.90. The van der Waals surface area contributed by atoms with Crippen LogP contribution < -0.4 is 22.1 Å². The number of anilines is 2. The summed E-state index contributed by atoms with van der Waals surface area (Å²) in [7, 11) is 0. The van der Waals surface area contributed by atoms with Crippen molar-refractivity contribution < 1.29 is 9.21 Å². The van der Waals surface area contributed by atoms with Crippen LogP contribution in [0.15, 0.2) is 21.3 Å². The van der Waals surface area contributed by atoms with Crippen LogP contribution in [-0.4, -0.2) is 24.0 Å². The van der Waals surface area contributed by atoms with Gasteiger partial charge in [0.1, 0.15) is 0 Å². The number of oxazole rings is 1. The number of fused-ring (bicyclic) bond motifs is 1. The van der Waals surface area contributed by atoms with Crippen LogP contribution in [-0.2, 0) is 4.79 Å². The summed E-state index contributed by atoms with van der Waals surface area (Å²) in [6.07, 6.45) is 0. The molecule has 0 fully saturated rings. The van der Waals surface area contributed by atoms with Crippen molar-refractivity contribution in [3.05, 3.63) is 22.7 Å². The van der Waals surface area contributed by atoms with E-state index in [-0.39, 0.29) is 6.54 Å². The van der Waals surface area contributed by atoms with Crippen molar-refractivity contribution in [3.8, 4) is 0 Å². The van der Waals surface area contributed by atoms with Gasteiger partial charge in [0.05, 0.1) is 23.4 Å². The van der Waals surface area contributed by atoms with E-state index in [1.54, 1.807) is 17.0 Å². The molecule has 0 saturated heterocycles. The number of aromatic nitrogens is 1. The average molecular weight is 250 g/mol. The van der Waals surface area contributed by atoms with Crippen molar-refractivity contribution in [3.63, 3.8) is 0 Å². The van der Waals surface area contributed by atoms with E-state index >= 15 is 0 Å². The van der Waals surface area contributed by atoms with Gasteiger partial charge in [-0.05, 0) is 13.0 Å². The number of carbonyl (C=O) groups excluding carboxylic acids is 1. The van der Waals surface area contributed by atoms with Crippen LogP contribution in [0.3, 0.4) is 0 Å². The van der Waals surface area contributed by atoms with E-state index in [1.807, 2.05) is 6.92 Å². The minimum absolute atomic E-state index is 0.0638. The van der Waals surface area contributed by atoms with Gasteiger partial charge in [-0.3, -0.25) is 9.78 Å². The Morgan fingerprint density at radius 1 is 1.50 bits per heavy atom. The molecule has 0 radical (unpaired) electrons. The van der Waals surface area contributed by atoms with E-state index in [0.717, 1.165) is 0 Å². The van der Waals surface area contributed by atoms with Crippen LogP contribution in [0.5, 0.6) is 0 Å². The van der Waals surface area contributed by atoms with Crippen molar-refractivity contribution in [1.82, 2.24) is 4.98 Å². The topological polar surface area (TPSA) is 118 Å². The number of amides is 1. The molecule has 7 nitrogen and oxygen atoms in total. The molecule has 0 aliphatic heterocycles. The molecule has 0 atom stereocenters. The summed E-state index contributed by atoms with van der Waals surface area (Å²) in [6.45, 7) is 2.51. The van der Waals surface area contributed by atoms with Gasteiger partial charge >= 0.3 is 5.76 Å². The molecule has 5 N–H and O–H groups in total. The number of rotatable bonds is 4. The molecular formula is C11H14N4O3. The Kier molecular flexibility index (Phi) is 2.97. The molecule has 96 valence electrons. The summed E-state index contributed by atoms with van der Waals surface area (Å²) in [5, 5.41) is 0. The highest BCUT2D eigenvalue weighted by atomic mass is 16.4. The summed E-state index contributed by atoms with van der Waals surface area (Å²) in [5.74, 6) is -0.989. The molecule has 1 amide bonds. The summed E-state index contributed by atoms with van der Waals surface area (Å²) >= 11 is 0. The van der Waals surface area contributed by atoms with Gasteiger partial charge in [0, 0.05) is 12.6 Å². The Labute approximate surface area is 102 Å². The molecule has 1 heterocycles. The first-order chi connectivity index (χ1) is 8.51. The van der Waals surface area contributed by atoms with Crippen LogP contribution in [0.2, 0.25) is 0 Å². The van der Waals surface area contributed by atoms with E-state index in [9.17, 15) is 9.59 Å². The number of benzene rings is 1. The molecule has 2 rings (SSSR count). The minimum Gasteiger partial charge on any atom is -0.408 e. The Morgan fingerprint density at radius 3 is 2.83 bits per heavy atom. The molecule has 0 aliphatic carbocycles. The highest BCUT2D eigenvalue weighted by Crippen LogP contribution is 2.27. The second kappa shape index (κ2) is 4.44. The largest absolute Gasteiger partial charge is 0.417 e. The van der Waals surface area contributed by atoms with E-state index < -0.39 is 11.7 Å². The van der Waals surface area contributed by atoms with Crippen molar-refractivity contribution in [1.29, 1.82) is 0 Å². The third-order valence-electron chi connectivity index (χ3n) is 2.64. The zero-order valence-corrected chi connectivity index (χ0v) is 9.90. The van der Waals surface area contributed by atoms with E-state index in [1.165, 1.54) is 0 Å². The molecular weight excluding hydrogens is 236 g/mol. The molecule has 18 heavy (non-hydrogen) atoms. The third kappa shape index (κ3) is 2.15. The Morgan fingerprint density at radius 2 is 2.22 bits per heavy atom. The Hall–Kier alpha value is -2.44. The van der Waals surface area contributed by atoms with Crippen LogP contribution >= 0.6 is 0 Å². The maximum absolute atomic E-state index is 11.1. The minimum atomic E-state index is -0.542. The average Bonchev–Trinajstić information content (AvgIpc) is 2.64. The summed E-state index contributed by atoms with van der Waals surface area (Å²) < 4.78 is 4.90. The van der Waals surface area contributed by atoms with E-state index in [4.69, 9.17) is 15.9 Å². The van der Waals surface area contributed by atoms with Gasteiger partial charge in [-0.25, -0.2) is 4.79 Å². The molecule has 0 unspecified atom stereocenters. The van der Waals surface area contributed by atoms with Crippen molar-refractivity contribution >= 4 is 28.4 Å². The number of primary amides is 1. The highest BCUT2D eigenvalue weighted by Gasteiger charge is 2.13. The molecule has 2 aromatic rings. The van der Waals surface area contributed by atoms with Gasteiger partial charge in [0.25, 0.3) is 0 Å². The molecule has 0 bridgehead atoms. The standard InChI is InChI=1S/C11H14N4O3/c1-2-15(5-10(13)16)8-4-7-9(3-6(8)12)18-11(17)14-7/h3-4H,2,5,12H2,1H3,(H2,13,16)(H,14,17). The number of H-pyrrole nitrogens is 1. The molecule has 0 saturated carbocycles. The zero-order valence-electron chi connectivity index (χ0n) is 9.90. The lowest BCUT2D eigenvalue weighted by molar-refractivity contribution is -0.116. The molecule has 0 aliphatic rings. The summed E-state index contributed by atoms with van der Waals surface area (Å²) in [6, 6.07) is 3.22. The van der Waals surface area contributed by atoms with E-state index in [2.05, 4.69) is 4.98 Å². The second-order valence-corrected chi connectivity index (χ2v) is 3.90. The number of hydrogen-bond acceptors (Lipinski definition) is 5. The van der Waals surface area contributed by atoms with Gasteiger partial charge in [-0.2, -0.15) is 0 Å². The SMILES string of the molecule is CCN(CC(N)=O)c1cc2[nH]c(=O)oc2cc1N. The highest BCUT2D eigenvalue weighted by molar-refractivity contribution is 5.88. The monoisotopic (exact) mass is 250 g/mol. The number of nitrogens with one attached hydrogen (secondary N) is 1. The summed E-state index contributed by atoms with van der Waals surface area (Å²) in [5.41, 5.74) is 13.0. The lowest BCUT2D eigenvalue weighted by atomic mass is 10.2. The Balaban J connectivity index is 2.51. The van der Waals surface area contributed by atoms with Gasteiger partial charge in [-0.1, -0.05) is 0 Å². The number of nitrogens with two attached hydrogens (primary N) is 2. The maximum atomic E-state index is 11.1. The fourth-order valence-corrected chi connectivity index (χ4v) is 1.83. The van der Waals surface area contributed by atoms with E-state index in [0.29, 0.717) is 29.0 Å². The quantitative estimate of drug-likeness (QED) is 0.661. The van der Waals surface area contributed by atoms with Crippen LogP contribution in [0, 0.1) is 0 Å². The number of hydrogen-bond donors (Lipinski definition) is 3. The number of likely N-dealkylation sites (N-methyl/N-ethyl adjacent to an activating group) is 1. The van der Waals surface area contributed by atoms with Gasteiger partial charge < -0.3 is 20.8 Å². The van der Waals surface area contributed by atoms with Crippen molar-refractivity contribution in [2.45, 2.75) is 6.92 Å². The first kappa shape index (κ1) is 12.0. The number of nitrogens with zero attached hydrogens (tertiary/aromatic N) is 1. The molecule has 0 spiro atoms. The lowest BCUT2D eigenvalue weighted by Crippen LogP contribution is -2.34. The van der Waals surface area contributed by atoms with Crippen molar-refractivity contribution in [2.24, 2.45) is 5.73 Å². The Bertz CT molecular complexity index is 643. The summed E-state index contributed by atoms with van der Waals surface area (Å²) in [4.78, 5) is 26.3. The van der Waals surface area contributed by atoms with Crippen LogP contribution in [0.1, 0.15) is 6.92 Å². The molecule has 1 aromatic heterocycles. The number of aromatic amines is 1. The van der Waals surface area contributed by atoms with Crippen LogP contribution in [0.25, 0.3) is 11.1 Å². The first-order valence-corrected chi connectivity index (χ1v) is 5.47. The van der Waals surface area contributed by atoms with Gasteiger partial charge in [0.2, 0.25) is 5.91 Å². The fraction of sp³-hybridized carbons (Fsp3) is 0.273. The molecule has 7 heteroatoms. The third-order valence-corrected chi connectivity index (χ3v) is 2.64. The predicted octanol–water partition coefficient (Wildman–Crippen LogP) is 0.0149. The smallest absolute Gasteiger partial charge is 0.408 e. The first-order valence-electron chi connectivity index (χ1n) is 5.47. The number of carbonyl (C=O) groups is 1. The maximum Gasteiger partial charge on any atom is 0.417 e. The molecule has 1 aromatic carbocycles. The van der Waals surface area contributed by atoms with Gasteiger partial charge in [-0.15, -0.1) is 0 Å².